The maximum absolute atomic E-state index is 11.9. The van der Waals surface area contributed by atoms with Crippen LogP contribution in [0.15, 0.2) is 0 Å². The Morgan fingerprint density at radius 1 is 1.17 bits per heavy atom. The SMILES string of the molecule is CNC(=O)NC(=O)CN1CCCC(c2nnc3n2CCCCC3)C1. The number of carbonyl (C=O) groups is 2. The third-order valence-corrected chi connectivity index (χ3v) is 4.86. The Labute approximate surface area is 142 Å². The molecule has 8 nitrogen and oxygen atoms in total. The summed E-state index contributed by atoms with van der Waals surface area (Å²) in [5.74, 6) is 2.22. The molecule has 2 aliphatic rings. The first-order chi connectivity index (χ1) is 11.7. The van der Waals surface area contributed by atoms with Crippen molar-refractivity contribution in [3.8, 4) is 0 Å². The number of amides is 3. The van der Waals surface area contributed by atoms with Crippen LogP contribution in [0.3, 0.4) is 0 Å². The first kappa shape index (κ1) is 16.9. The first-order valence-corrected chi connectivity index (χ1v) is 8.83. The lowest BCUT2D eigenvalue weighted by Gasteiger charge is -2.31. The molecule has 0 bridgehead atoms. The van der Waals surface area contributed by atoms with E-state index < -0.39 is 6.03 Å². The first-order valence-electron chi connectivity index (χ1n) is 8.83. The molecule has 3 amide bonds. The van der Waals surface area contributed by atoms with Crippen molar-refractivity contribution < 1.29 is 9.59 Å². The van der Waals surface area contributed by atoms with Gasteiger partial charge >= 0.3 is 6.03 Å². The number of fused-ring (bicyclic) bond motifs is 1. The topological polar surface area (TPSA) is 92.2 Å². The van der Waals surface area contributed by atoms with Gasteiger partial charge in [0, 0.05) is 32.5 Å². The van der Waals surface area contributed by atoms with E-state index in [1.54, 1.807) is 0 Å². The average molecular weight is 334 g/mol. The van der Waals surface area contributed by atoms with Gasteiger partial charge in [-0.25, -0.2) is 4.79 Å². The fourth-order valence-corrected chi connectivity index (χ4v) is 3.65. The van der Waals surface area contributed by atoms with Crippen LogP contribution in [0.25, 0.3) is 0 Å². The Hall–Kier alpha value is -1.96. The fraction of sp³-hybridized carbons (Fsp3) is 0.750. The number of nitrogens with one attached hydrogen (secondary N) is 2. The van der Waals surface area contributed by atoms with Gasteiger partial charge in [0.1, 0.15) is 11.6 Å². The molecule has 0 radical (unpaired) electrons. The number of hydrogen-bond donors (Lipinski definition) is 2. The highest BCUT2D eigenvalue weighted by Crippen LogP contribution is 2.27. The summed E-state index contributed by atoms with van der Waals surface area (Å²) in [6.45, 7) is 2.91. The molecule has 2 aliphatic heterocycles. The van der Waals surface area contributed by atoms with Crippen molar-refractivity contribution >= 4 is 11.9 Å². The number of urea groups is 1. The standard InChI is InChI=1S/C16H26N6O2/c1-17-16(24)18-14(23)11-21-8-5-6-12(10-21)15-20-19-13-7-3-2-4-9-22(13)15/h12H,2-11H2,1H3,(H2,17,18,23,24). The number of nitrogens with zero attached hydrogens (tertiary/aromatic N) is 4. The summed E-state index contributed by atoms with van der Waals surface area (Å²) in [7, 11) is 1.50. The molecule has 1 unspecified atom stereocenters. The summed E-state index contributed by atoms with van der Waals surface area (Å²) < 4.78 is 2.30. The normalized spacial score (nSPS) is 21.6. The maximum Gasteiger partial charge on any atom is 0.321 e. The number of rotatable bonds is 3. The number of piperidine rings is 1. The number of carbonyl (C=O) groups excluding carboxylic acids is 2. The molecule has 1 fully saturated rings. The Morgan fingerprint density at radius 3 is 2.88 bits per heavy atom. The number of aromatic nitrogens is 3. The fourth-order valence-electron chi connectivity index (χ4n) is 3.65. The second kappa shape index (κ2) is 7.74. The van der Waals surface area contributed by atoms with Gasteiger partial charge in [-0.15, -0.1) is 10.2 Å². The summed E-state index contributed by atoms with van der Waals surface area (Å²) in [6, 6.07) is -0.462. The van der Waals surface area contributed by atoms with Gasteiger partial charge < -0.3 is 9.88 Å². The highest BCUT2D eigenvalue weighted by atomic mass is 16.2. The van der Waals surface area contributed by atoms with Crippen LogP contribution in [0.1, 0.15) is 49.7 Å². The molecular weight excluding hydrogens is 308 g/mol. The minimum absolute atomic E-state index is 0.241. The molecule has 24 heavy (non-hydrogen) atoms. The van der Waals surface area contributed by atoms with E-state index in [1.165, 1.54) is 26.3 Å². The quantitative estimate of drug-likeness (QED) is 0.846. The predicted octanol–water partition coefficient (Wildman–Crippen LogP) is 0.639. The zero-order valence-corrected chi connectivity index (χ0v) is 14.3. The molecule has 132 valence electrons. The van der Waals surface area contributed by atoms with Crippen LogP contribution in [0.2, 0.25) is 0 Å². The van der Waals surface area contributed by atoms with Crippen LogP contribution < -0.4 is 10.6 Å². The summed E-state index contributed by atoms with van der Waals surface area (Å²) in [6.07, 6.45) is 6.74. The van der Waals surface area contributed by atoms with Crippen LogP contribution in [-0.4, -0.2) is 58.3 Å². The number of imide groups is 1. The largest absolute Gasteiger partial charge is 0.341 e. The number of aryl methyl sites for hydroxylation is 1. The van der Waals surface area contributed by atoms with Crippen molar-refractivity contribution in [2.45, 2.75) is 51.0 Å². The van der Waals surface area contributed by atoms with Crippen molar-refractivity contribution in [2.24, 2.45) is 0 Å². The van der Waals surface area contributed by atoms with Gasteiger partial charge in [-0.2, -0.15) is 0 Å². The lowest BCUT2D eigenvalue weighted by Crippen LogP contribution is -2.46. The maximum atomic E-state index is 11.9. The zero-order chi connectivity index (χ0) is 16.9. The summed E-state index contributed by atoms with van der Waals surface area (Å²) in [4.78, 5) is 25.2. The third-order valence-electron chi connectivity index (χ3n) is 4.86. The van der Waals surface area contributed by atoms with Crippen molar-refractivity contribution in [1.29, 1.82) is 0 Å². The average Bonchev–Trinajstić information content (AvgIpc) is 2.83. The summed E-state index contributed by atoms with van der Waals surface area (Å²) >= 11 is 0. The van der Waals surface area contributed by atoms with Crippen LogP contribution in [0.4, 0.5) is 4.79 Å². The molecule has 0 saturated carbocycles. The predicted molar refractivity (Wildman–Crippen MR) is 88.6 cm³/mol. The Kier molecular flexibility index (Phi) is 5.44. The highest BCUT2D eigenvalue weighted by Gasteiger charge is 2.28. The van der Waals surface area contributed by atoms with E-state index in [1.807, 2.05) is 0 Å². The monoisotopic (exact) mass is 334 g/mol. The van der Waals surface area contributed by atoms with Crippen LogP contribution in [0.5, 0.6) is 0 Å². The third kappa shape index (κ3) is 3.92. The molecule has 3 heterocycles. The molecule has 0 aliphatic carbocycles. The van der Waals surface area contributed by atoms with Crippen molar-refractivity contribution in [1.82, 2.24) is 30.3 Å². The van der Waals surface area contributed by atoms with E-state index in [0.29, 0.717) is 5.92 Å². The van der Waals surface area contributed by atoms with Crippen molar-refractivity contribution in [3.63, 3.8) is 0 Å². The Balaban J connectivity index is 1.62. The van der Waals surface area contributed by atoms with E-state index in [-0.39, 0.29) is 12.5 Å². The molecular formula is C16H26N6O2. The van der Waals surface area contributed by atoms with Gasteiger partial charge in [0.2, 0.25) is 5.91 Å². The second-order valence-corrected chi connectivity index (χ2v) is 6.64. The van der Waals surface area contributed by atoms with E-state index in [2.05, 4.69) is 30.3 Å². The van der Waals surface area contributed by atoms with Gasteiger partial charge in [-0.3, -0.25) is 15.0 Å². The number of hydrogen-bond acceptors (Lipinski definition) is 5. The lowest BCUT2D eigenvalue weighted by molar-refractivity contribution is -0.121. The summed E-state index contributed by atoms with van der Waals surface area (Å²) in [5.41, 5.74) is 0. The minimum Gasteiger partial charge on any atom is -0.341 e. The van der Waals surface area contributed by atoms with Gasteiger partial charge in [-0.05, 0) is 32.2 Å². The Morgan fingerprint density at radius 2 is 2.04 bits per heavy atom. The van der Waals surface area contributed by atoms with Crippen LogP contribution in [-0.2, 0) is 17.8 Å². The smallest absolute Gasteiger partial charge is 0.321 e. The van der Waals surface area contributed by atoms with Crippen LogP contribution in [0, 0.1) is 0 Å². The van der Waals surface area contributed by atoms with Gasteiger partial charge in [-0.1, -0.05) is 6.42 Å². The van der Waals surface area contributed by atoms with Gasteiger partial charge in [0.25, 0.3) is 0 Å². The van der Waals surface area contributed by atoms with Gasteiger partial charge in [0.15, 0.2) is 0 Å². The summed E-state index contributed by atoms with van der Waals surface area (Å²) in [5, 5.41) is 13.6. The van der Waals surface area contributed by atoms with Crippen molar-refractivity contribution in [3.05, 3.63) is 11.6 Å². The minimum atomic E-state index is -0.462. The second-order valence-electron chi connectivity index (χ2n) is 6.64. The number of likely N-dealkylation sites (tertiary alicyclic amines) is 1. The highest BCUT2D eigenvalue weighted by molar-refractivity contribution is 5.95. The molecule has 2 N–H and O–H groups in total. The molecule has 0 spiro atoms. The lowest BCUT2D eigenvalue weighted by atomic mass is 9.97. The van der Waals surface area contributed by atoms with E-state index >= 15 is 0 Å². The molecule has 1 aromatic heterocycles. The van der Waals surface area contributed by atoms with Crippen molar-refractivity contribution in [2.75, 3.05) is 26.7 Å². The van der Waals surface area contributed by atoms with Gasteiger partial charge in [0.05, 0.1) is 6.54 Å². The van der Waals surface area contributed by atoms with Crippen LogP contribution >= 0.6 is 0 Å². The van der Waals surface area contributed by atoms with E-state index in [9.17, 15) is 9.59 Å². The Bertz CT molecular complexity index is 599. The zero-order valence-electron chi connectivity index (χ0n) is 14.3. The molecule has 8 heteroatoms. The molecule has 3 rings (SSSR count). The molecule has 1 aromatic rings. The van der Waals surface area contributed by atoms with E-state index in [0.717, 1.165) is 50.5 Å². The molecule has 1 atom stereocenters. The molecule has 1 saturated heterocycles. The van der Waals surface area contributed by atoms with E-state index in [4.69, 9.17) is 0 Å². The molecule has 0 aromatic carbocycles.